The molecule has 0 unspecified atom stereocenters. The predicted molar refractivity (Wildman–Crippen MR) is 136 cm³/mol. The molecule has 0 aliphatic carbocycles. The number of carbonyl (C=O) groups is 1. The minimum absolute atomic E-state index is 0.372. The summed E-state index contributed by atoms with van der Waals surface area (Å²) in [7, 11) is 0. The van der Waals surface area contributed by atoms with Gasteiger partial charge in [0.25, 0.3) is 0 Å². The van der Waals surface area contributed by atoms with E-state index >= 15 is 0 Å². The summed E-state index contributed by atoms with van der Waals surface area (Å²) in [4.78, 5) is 14.1. The summed E-state index contributed by atoms with van der Waals surface area (Å²) in [5, 5.41) is 0. The summed E-state index contributed by atoms with van der Waals surface area (Å²) < 4.78 is 5.39. The smallest absolute Gasteiger partial charge is 0.338 e. The van der Waals surface area contributed by atoms with Crippen LogP contribution in [0.3, 0.4) is 0 Å². The van der Waals surface area contributed by atoms with Crippen LogP contribution in [0, 0.1) is 13.8 Å². The summed E-state index contributed by atoms with van der Waals surface area (Å²) in [6.07, 6.45) is 0. The van der Waals surface area contributed by atoms with E-state index in [1.807, 2.05) is 18.2 Å². The van der Waals surface area contributed by atoms with Crippen LogP contribution < -0.4 is 9.64 Å². The molecular formula is C30H27NO2. The summed E-state index contributed by atoms with van der Waals surface area (Å²) in [5.41, 5.74) is 8.12. The van der Waals surface area contributed by atoms with Crippen molar-refractivity contribution in [3.63, 3.8) is 0 Å². The largest absolute Gasteiger partial charge is 0.423 e. The lowest BCUT2D eigenvalue weighted by molar-refractivity contribution is -0.130. The van der Waals surface area contributed by atoms with Gasteiger partial charge in [0.15, 0.2) is 0 Å². The van der Waals surface area contributed by atoms with Gasteiger partial charge in [0.05, 0.1) is 0 Å². The quantitative estimate of drug-likeness (QED) is 0.176. The minimum atomic E-state index is -0.422. The van der Waals surface area contributed by atoms with E-state index in [0.717, 1.165) is 28.2 Å². The van der Waals surface area contributed by atoms with Crippen LogP contribution in [0.4, 0.5) is 17.1 Å². The van der Waals surface area contributed by atoms with Crippen molar-refractivity contribution < 1.29 is 9.53 Å². The maximum absolute atomic E-state index is 11.9. The molecule has 0 radical (unpaired) electrons. The first-order valence-electron chi connectivity index (χ1n) is 10.9. The molecule has 0 aromatic heterocycles. The number of esters is 1. The van der Waals surface area contributed by atoms with Crippen molar-refractivity contribution >= 4 is 23.0 Å². The first kappa shape index (κ1) is 22.1. The van der Waals surface area contributed by atoms with Crippen LogP contribution in [0.5, 0.6) is 5.75 Å². The summed E-state index contributed by atoms with van der Waals surface area (Å²) in [6.45, 7) is 9.46. The molecule has 0 amide bonds. The number of benzene rings is 4. The van der Waals surface area contributed by atoms with Gasteiger partial charge in [-0.25, -0.2) is 4.79 Å². The molecule has 0 heterocycles. The van der Waals surface area contributed by atoms with Crippen LogP contribution in [-0.4, -0.2) is 5.97 Å². The number of hydrogen-bond acceptors (Lipinski definition) is 3. The maximum atomic E-state index is 11.9. The second-order valence-electron chi connectivity index (χ2n) is 8.25. The Bertz CT molecular complexity index is 1220. The molecule has 0 spiro atoms. The predicted octanol–water partition coefficient (Wildman–Crippen LogP) is 7.92. The molecule has 0 atom stereocenters. The van der Waals surface area contributed by atoms with E-state index in [-0.39, 0.29) is 0 Å². The van der Waals surface area contributed by atoms with E-state index in [9.17, 15) is 4.79 Å². The number of carbonyl (C=O) groups excluding carboxylic acids is 1. The summed E-state index contributed by atoms with van der Waals surface area (Å²) in [6, 6.07) is 33.0. The molecule has 0 N–H and O–H groups in total. The zero-order valence-electron chi connectivity index (χ0n) is 19.2. The van der Waals surface area contributed by atoms with Crippen LogP contribution in [0.25, 0.3) is 11.1 Å². The monoisotopic (exact) mass is 433 g/mol. The van der Waals surface area contributed by atoms with Gasteiger partial charge < -0.3 is 9.64 Å². The average Bonchev–Trinajstić information content (AvgIpc) is 2.82. The van der Waals surface area contributed by atoms with Gasteiger partial charge >= 0.3 is 5.97 Å². The molecule has 0 saturated heterocycles. The molecule has 0 fully saturated rings. The number of anilines is 3. The van der Waals surface area contributed by atoms with Crippen LogP contribution >= 0.6 is 0 Å². The Morgan fingerprint density at radius 3 is 1.67 bits per heavy atom. The van der Waals surface area contributed by atoms with Crippen molar-refractivity contribution in [2.24, 2.45) is 0 Å². The second-order valence-corrected chi connectivity index (χ2v) is 8.25. The Morgan fingerprint density at radius 2 is 1.18 bits per heavy atom. The van der Waals surface area contributed by atoms with Crippen molar-refractivity contribution in [2.75, 3.05) is 4.90 Å². The van der Waals surface area contributed by atoms with Crippen molar-refractivity contribution in [1.82, 2.24) is 0 Å². The molecule has 164 valence electrons. The van der Waals surface area contributed by atoms with Gasteiger partial charge in [0.1, 0.15) is 5.75 Å². The van der Waals surface area contributed by atoms with Gasteiger partial charge in [0.2, 0.25) is 0 Å². The highest BCUT2D eigenvalue weighted by atomic mass is 16.5. The number of ether oxygens (including phenoxy) is 1. The van der Waals surface area contributed by atoms with E-state index < -0.39 is 5.97 Å². The third kappa shape index (κ3) is 5.21. The normalized spacial score (nSPS) is 10.5. The van der Waals surface area contributed by atoms with Gasteiger partial charge in [-0.05, 0) is 80.4 Å². The van der Waals surface area contributed by atoms with Crippen molar-refractivity contribution in [3.8, 4) is 16.9 Å². The molecule has 33 heavy (non-hydrogen) atoms. The Hall–Kier alpha value is -4.11. The zero-order valence-corrected chi connectivity index (χ0v) is 19.2. The zero-order chi connectivity index (χ0) is 23.4. The average molecular weight is 434 g/mol. The van der Waals surface area contributed by atoms with Gasteiger partial charge in [-0.2, -0.15) is 0 Å². The Balaban J connectivity index is 1.67. The fourth-order valence-corrected chi connectivity index (χ4v) is 3.57. The summed E-state index contributed by atoms with van der Waals surface area (Å²) in [5.74, 6) is 0.0832. The van der Waals surface area contributed by atoms with E-state index in [1.54, 1.807) is 13.0 Å². The van der Waals surface area contributed by atoms with Gasteiger partial charge in [-0.1, -0.05) is 66.2 Å². The van der Waals surface area contributed by atoms with Crippen LogP contribution in [-0.2, 0) is 4.79 Å². The molecule has 0 saturated carbocycles. The topological polar surface area (TPSA) is 29.5 Å². The lowest BCUT2D eigenvalue weighted by Gasteiger charge is -2.26. The summed E-state index contributed by atoms with van der Waals surface area (Å²) >= 11 is 0. The van der Waals surface area contributed by atoms with Crippen molar-refractivity contribution in [3.05, 3.63) is 120 Å². The lowest BCUT2D eigenvalue weighted by Crippen LogP contribution is -2.09. The standard InChI is InChI=1S/C30H27NO2/c1-21(2)30(32)33-29-7-5-6-25(20-29)24-12-18-28(19-13-24)31(26-14-8-22(3)9-15-26)27-16-10-23(4)11-17-27/h5-20H,1H2,2-4H3. The van der Waals surface area contributed by atoms with Gasteiger partial charge in [-0.3, -0.25) is 0 Å². The van der Waals surface area contributed by atoms with Gasteiger partial charge in [0, 0.05) is 22.6 Å². The highest BCUT2D eigenvalue weighted by molar-refractivity contribution is 5.89. The van der Waals surface area contributed by atoms with Crippen LogP contribution in [0.15, 0.2) is 109 Å². The maximum Gasteiger partial charge on any atom is 0.338 e. The fourth-order valence-electron chi connectivity index (χ4n) is 3.57. The minimum Gasteiger partial charge on any atom is -0.423 e. The molecule has 0 aliphatic rings. The highest BCUT2D eigenvalue weighted by Gasteiger charge is 2.13. The van der Waals surface area contributed by atoms with E-state index in [0.29, 0.717) is 11.3 Å². The number of nitrogens with zero attached hydrogens (tertiary/aromatic N) is 1. The van der Waals surface area contributed by atoms with E-state index in [1.165, 1.54) is 11.1 Å². The Labute approximate surface area is 195 Å². The van der Waals surface area contributed by atoms with Crippen molar-refractivity contribution in [2.45, 2.75) is 20.8 Å². The van der Waals surface area contributed by atoms with E-state index in [2.05, 4.69) is 98.1 Å². The van der Waals surface area contributed by atoms with Crippen LogP contribution in [0.1, 0.15) is 18.1 Å². The third-order valence-corrected chi connectivity index (χ3v) is 5.44. The molecule has 4 rings (SSSR count). The second kappa shape index (κ2) is 9.58. The molecule has 0 aliphatic heterocycles. The SMILES string of the molecule is C=C(C)C(=O)Oc1cccc(-c2ccc(N(c3ccc(C)cc3)c3ccc(C)cc3)cc2)c1. The van der Waals surface area contributed by atoms with Crippen molar-refractivity contribution in [1.29, 1.82) is 0 Å². The molecular weight excluding hydrogens is 406 g/mol. The molecule has 3 heteroatoms. The first-order chi connectivity index (χ1) is 15.9. The Kier molecular flexibility index (Phi) is 6.41. The van der Waals surface area contributed by atoms with Gasteiger partial charge in [-0.15, -0.1) is 0 Å². The van der Waals surface area contributed by atoms with E-state index in [4.69, 9.17) is 4.74 Å². The molecule has 4 aromatic rings. The first-order valence-corrected chi connectivity index (χ1v) is 10.9. The molecule has 3 nitrogen and oxygen atoms in total. The molecule has 0 bridgehead atoms. The fraction of sp³-hybridized carbons (Fsp3) is 0.100. The number of aryl methyl sites for hydroxylation is 2. The highest BCUT2D eigenvalue weighted by Crippen LogP contribution is 2.36. The lowest BCUT2D eigenvalue weighted by atomic mass is 10.0. The molecule has 4 aromatic carbocycles. The number of hydrogen-bond donors (Lipinski definition) is 0. The van der Waals surface area contributed by atoms with Crippen LogP contribution in [0.2, 0.25) is 0 Å². The third-order valence-electron chi connectivity index (χ3n) is 5.44. The Morgan fingerprint density at radius 1 is 0.697 bits per heavy atom. The number of rotatable bonds is 6.